The third-order valence-corrected chi connectivity index (χ3v) is 2.64. The minimum atomic E-state index is 0.645. The molecule has 0 radical (unpaired) electrons. The lowest BCUT2D eigenvalue weighted by atomic mass is 10.1. The number of piperazine rings is 1. The third kappa shape index (κ3) is 3.49. The fourth-order valence-electron chi connectivity index (χ4n) is 1.73. The van der Waals surface area contributed by atoms with Crippen LogP contribution in [0.25, 0.3) is 0 Å². The molecule has 0 saturated carbocycles. The highest BCUT2D eigenvalue weighted by Gasteiger charge is 2.20. The molecule has 1 aliphatic heterocycles. The van der Waals surface area contributed by atoms with Crippen molar-refractivity contribution < 1.29 is 0 Å². The fraction of sp³-hybridized carbons (Fsp3) is 0.818. The van der Waals surface area contributed by atoms with E-state index in [0.717, 1.165) is 19.5 Å². The van der Waals surface area contributed by atoms with Crippen LogP contribution >= 0.6 is 0 Å². The molecule has 2 nitrogen and oxygen atoms in total. The van der Waals surface area contributed by atoms with Crippen LogP contribution in [0.4, 0.5) is 0 Å². The van der Waals surface area contributed by atoms with E-state index in [1.165, 1.54) is 6.54 Å². The Kier molecular flexibility index (Phi) is 4.46. The molecule has 0 aromatic carbocycles. The molecule has 0 bridgehead atoms. The predicted molar refractivity (Wildman–Crippen MR) is 57.9 cm³/mol. The molecule has 1 heterocycles. The van der Waals surface area contributed by atoms with Gasteiger partial charge < -0.3 is 5.32 Å². The van der Waals surface area contributed by atoms with E-state index in [4.69, 9.17) is 0 Å². The molecule has 1 aliphatic rings. The maximum atomic E-state index is 3.49. The van der Waals surface area contributed by atoms with E-state index in [0.29, 0.717) is 12.1 Å². The average molecular weight is 182 g/mol. The topological polar surface area (TPSA) is 15.3 Å². The van der Waals surface area contributed by atoms with Crippen LogP contribution in [-0.4, -0.2) is 36.6 Å². The van der Waals surface area contributed by atoms with Crippen molar-refractivity contribution in [3.8, 4) is 0 Å². The Hall–Kier alpha value is -0.340. The molecule has 1 saturated heterocycles. The van der Waals surface area contributed by atoms with Gasteiger partial charge in [0.1, 0.15) is 0 Å². The van der Waals surface area contributed by atoms with E-state index >= 15 is 0 Å². The van der Waals surface area contributed by atoms with Crippen molar-refractivity contribution in [2.75, 3.05) is 19.6 Å². The van der Waals surface area contributed by atoms with Gasteiger partial charge in [-0.05, 0) is 20.3 Å². The van der Waals surface area contributed by atoms with Crippen molar-refractivity contribution in [3.05, 3.63) is 12.2 Å². The zero-order valence-electron chi connectivity index (χ0n) is 9.09. The van der Waals surface area contributed by atoms with Crippen LogP contribution in [0, 0.1) is 0 Å². The molecule has 0 aromatic heterocycles. The molecule has 1 fully saturated rings. The second-order valence-electron chi connectivity index (χ2n) is 3.99. The zero-order valence-corrected chi connectivity index (χ0v) is 9.09. The van der Waals surface area contributed by atoms with Crippen LogP contribution in [0.5, 0.6) is 0 Å². The Labute approximate surface area is 82.0 Å². The summed E-state index contributed by atoms with van der Waals surface area (Å²) in [5.74, 6) is 0. The van der Waals surface area contributed by atoms with Gasteiger partial charge in [0.2, 0.25) is 0 Å². The molecule has 0 spiro atoms. The van der Waals surface area contributed by atoms with Gasteiger partial charge in [0.05, 0.1) is 0 Å². The van der Waals surface area contributed by atoms with E-state index in [2.05, 4.69) is 43.1 Å². The Morgan fingerprint density at radius 3 is 2.85 bits per heavy atom. The maximum Gasteiger partial charge on any atom is 0.0196 e. The lowest BCUT2D eigenvalue weighted by molar-refractivity contribution is 0.163. The number of nitrogens with zero attached hydrogens (tertiary/aromatic N) is 1. The maximum absolute atomic E-state index is 3.49. The van der Waals surface area contributed by atoms with E-state index in [-0.39, 0.29) is 0 Å². The summed E-state index contributed by atoms with van der Waals surface area (Å²) in [4.78, 5) is 2.54. The normalized spacial score (nSPS) is 31.3. The first-order valence-corrected chi connectivity index (χ1v) is 5.36. The summed E-state index contributed by atoms with van der Waals surface area (Å²) in [7, 11) is 0. The summed E-state index contributed by atoms with van der Waals surface area (Å²) in [6.45, 7) is 10.1. The van der Waals surface area contributed by atoms with E-state index in [1.54, 1.807) is 0 Å². The van der Waals surface area contributed by atoms with Gasteiger partial charge in [0.25, 0.3) is 0 Å². The summed E-state index contributed by atoms with van der Waals surface area (Å²) in [5.41, 5.74) is 0. The van der Waals surface area contributed by atoms with Gasteiger partial charge in [-0.3, -0.25) is 4.90 Å². The number of hydrogen-bond acceptors (Lipinski definition) is 2. The van der Waals surface area contributed by atoms with Crippen molar-refractivity contribution in [1.82, 2.24) is 10.2 Å². The minimum Gasteiger partial charge on any atom is -0.311 e. The van der Waals surface area contributed by atoms with Gasteiger partial charge in [-0.15, -0.1) is 0 Å². The average Bonchev–Trinajstić information content (AvgIpc) is 2.11. The molecule has 0 aliphatic carbocycles. The van der Waals surface area contributed by atoms with Crippen LogP contribution in [0.2, 0.25) is 0 Å². The zero-order chi connectivity index (χ0) is 9.68. The second-order valence-corrected chi connectivity index (χ2v) is 3.99. The first kappa shape index (κ1) is 10.7. The molecule has 1 N–H and O–H groups in total. The van der Waals surface area contributed by atoms with Crippen LogP contribution in [0.3, 0.4) is 0 Å². The summed E-state index contributed by atoms with van der Waals surface area (Å²) in [5, 5.41) is 3.49. The minimum absolute atomic E-state index is 0.645. The fourth-order valence-corrected chi connectivity index (χ4v) is 1.73. The smallest absolute Gasteiger partial charge is 0.0196 e. The van der Waals surface area contributed by atoms with Crippen LogP contribution in [0.15, 0.2) is 12.2 Å². The lowest BCUT2D eigenvalue weighted by Gasteiger charge is -2.36. The molecule has 0 aromatic rings. The predicted octanol–water partition coefficient (Wildman–Crippen LogP) is 1.63. The first-order valence-electron chi connectivity index (χ1n) is 5.36. The molecule has 76 valence electrons. The summed E-state index contributed by atoms with van der Waals surface area (Å²) in [6, 6.07) is 1.32. The largest absolute Gasteiger partial charge is 0.311 e. The van der Waals surface area contributed by atoms with E-state index < -0.39 is 0 Å². The number of nitrogens with one attached hydrogen (secondary N) is 1. The van der Waals surface area contributed by atoms with Crippen molar-refractivity contribution >= 4 is 0 Å². The Balaban J connectivity index is 2.33. The summed E-state index contributed by atoms with van der Waals surface area (Å²) >= 11 is 0. The first-order chi connectivity index (χ1) is 6.24. The standard InChI is InChI=1S/C11H22N2/c1-4-5-6-7-13-9-10(2)12-8-11(13)3/h5-6,10-12H,4,7-9H2,1-3H3/b6-5+. The van der Waals surface area contributed by atoms with Gasteiger partial charge in [0, 0.05) is 31.7 Å². The van der Waals surface area contributed by atoms with Gasteiger partial charge in [-0.1, -0.05) is 19.1 Å². The Morgan fingerprint density at radius 2 is 2.15 bits per heavy atom. The van der Waals surface area contributed by atoms with Crippen LogP contribution in [0.1, 0.15) is 27.2 Å². The molecule has 2 heteroatoms. The van der Waals surface area contributed by atoms with E-state index in [9.17, 15) is 0 Å². The quantitative estimate of drug-likeness (QED) is 0.667. The Morgan fingerprint density at radius 1 is 1.38 bits per heavy atom. The van der Waals surface area contributed by atoms with Crippen molar-refractivity contribution in [2.45, 2.75) is 39.3 Å². The van der Waals surface area contributed by atoms with Crippen molar-refractivity contribution in [2.24, 2.45) is 0 Å². The monoisotopic (exact) mass is 182 g/mol. The number of rotatable bonds is 3. The lowest BCUT2D eigenvalue weighted by Crippen LogP contribution is -2.54. The van der Waals surface area contributed by atoms with Gasteiger partial charge in [-0.25, -0.2) is 0 Å². The SMILES string of the molecule is CC/C=C/CN1CC(C)NCC1C. The molecule has 13 heavy (non-hydrogen) atoms. The van der Waals surface area contributed by atoms with Gasteiger partial charge >= 0.3 is 0 Å². The van der Waals surface area contributed by atoms with Crippen molar-refractivity contribution in [1.29, 1.82) is 0 Å². The van der Waals surface area contributed by atoms with Gasteiger partial charge in [-0.2, -0.15) is 0 Å². The van der Waals surface area contributed by atoms with Crippen LogP contribution < -0.4 is 5.32 Å². The molecule has 2 unspecified atom stereocenters. The summed E-state index contributed by atoms with van der Waals surface area (Å²) in [6.07, 6.45) is 5.68. The number of allylic oxidation sites excluding steroid dienone is 1. The van der Waals surface area contributed by atoms with Crippen molar-refractivity contribution in [3.63, 3.8) is 0 Å². The highest BCUT2D eigenvalue weighted by Crippen LogP contribution is 2.05. The third-order valence-electron chi connectivity index (χ3n) is 2.64. The van der Waals surface area contributed by atoms with Gasteiger partial charge in [0.15, 0.2) is 0 Å². The molecule has 1 rings (SSSR count). The molecular weight excluding hydrogens is 160 g/mol. The molecule has 0 amide bonds. The second kappa shape index (κ2) is 5.40. The Bertz CT molecular complexity index is 165. The molecular formula is C11H22N2. The van der Waals surface area contributed by atoms with Crippen LogP contribution in [-0.2, 0) is 0 Å². The summed E-state index contributed by atoms with van der Waals surface area (Å²) < 4.78 is 0. The van der Waals surface area contributed by atoms with E-state index in [1.807, 2.05) is 0 Å². The highest BCUT2D eigenvalue weighted by molar-refractivity contribution is 4.89. The molecule has 2 atom stereocenters. The highest BCUT2D eigenvalue weighted by atomic mass is 15.2. The number of hydrogen-bond donors (Lipinski definition) is 1.